The molecule has 2 aromatic rings. The van der Waals surface area contributed by atoms with Crippen molar-refractivity contribution in [2.45, 2.75) is 19.1 Å². The maximum absolute atomic E-state index is 12.2. The molecule has 0 spiro atoms. The summed E-state index contributed by atoms with van der Waals surface area (Å²) in [5.74, 6) is 0.441. The molecule has 5 nitrogen and oxygen atoms in total. The van der Waals surface area contributed by atoms with E-state index in [0.29, 0.717) is 36.8 Å². The molecule has 1 fully saturated rings. The molecule has 1 unspecified atom stereocenters. The van der Waals surface area contributed by atoms with Crippen molar-refractivity contribution in [1.29, 1.82) is 0 Å². The molecule has 0 radical (unpaired) electrons. The second kappa shape index (κ2) is 7.15. The first-order chi connectivity index (χ1) is 11.2. The number of nitrogens with two attached hydrogens (primary N) is 1. The van der Waals surface area contributed by atoms with Gasteiger partial charge >= 0.3 is 0 Å². The lowest BCUT2D eigenvalue weighted by Gasteiger charge is -2.13. The van der Waals surface area contributed by atoms with E-state index in [1.54, 1.807) is 18.2 Å². The fourth-order valence-corrected chi connectivity index (χ4v) is 2.47. The molecular weight excluding hydrogens is 292 g/mol. The third-order valence-electron chi connectivity index (χ3n) is 3.77. The van der Waals surface area contributed by atoms with Gasteiger partial charge in [-0.25, -0.2) is 0 Å². The first kappa shape index (κ1) is 15.4. The minimum atomic E-state index is -0.137. The second-order valence-corrected chi connectivity index (χ2v) is 5.56. The number of amides is 1. The minimum Gasteiger partial charge on any atom is -0.487 e. The number of nitrogen functional groups attached to an aromatic ring is 1. The number of rotatable bonds is 5. The van der Waals surface area contributed by atoms with Crippen LogP contribution in [0.2, 0.25) is 0 Å². The largest absolute Gasteiger partial charge is 0.487 e. The molecule has 1 saturated heterocycles. The number of carbonyl (C=O) groups excluding carboxylic acids is 1. The van der Waals surface area contributed by atoms with E-state index in [9.17, 15) is 4.79 Å². The average Bonchev–Trinajstić information content (AvgIpc) is 3.07. The number of ether oxygens (including phenoxy) is 2. The second-order valence-electron chi connectivity index (χ2n) is 5.56. The highest BCUT2D eigenvalue weighted by Crippen LogP contribution is 2.23. The highest BCUT2D eigenvalue weighted by Gasteiger charge is 2.19. The van der Waals surface area contributed by atoms with Crippen molar-refractivity contribution in [3.05, 3.63) is 59.7 Å². The predicted molar refractivity (Wildman–Crippen MR) is 88.3 cm³/mol. The van der Waals surface area contributed by atoms with E-state index < -0.39 is 0 Å². The summed E-state index contributed by atoms with van der Waals surface area (Å²) in [4.78, 5) is 12.2. The summed E-state index contributed by atoms with van der Waals surface area (Å²) in [6.07, 6.45) is 0.847. The lowest BCUT2D eigenvalue weighted by molar-refractivity contribution is 0.0930. The van der Waals surface area contributed by atoms with Gasteiger partial charge in [-0.05, 0) is 30.2 Å². The fraction of sp³-hybridized carbons (Fsp3) is 0.278. The maximum atomic E-state index is 12.2. The molecule has 23 heavy (non-hydrogen) atoms. The van der Waals surface area contributed by atoms with Gasteiger partial charge in [0.05, 0.1) is 18.3 Å². The van der Waals surface area contributed by atoms with Crippen LogP contribution in [0.15, 0.2) is 48.5 Å². The van der Waals surface area contributed by atoms with Gasteiger partial charge in [0.15, 0.2) is 0 Å². The van der Waals surface area contributed by atoms with Gasteiger partial charge in [-0.15, -0.1) is 0 Å². The van der Waals surface area contributed by atoms with Crippen LogP contribution in [0.25, 0.3) is 0 Å². The summed E-state index contributed by atoms with van der Waals surface area (Å²) in [5, 5.41) is 2.94. The summed E-state index contributed by atoms with van der Waals surface area (Å²) in [6.45, 7) is 1.70. The van der Waals surface area contributed by atoms with Crippen LogP contribution >= 0.6 is 0 Å². The first-order valence-electron chi connectivity index (χ1n) is 7.67. The SMILES string of the molecule is Nc1cc(C(=O)NC2CCOC2)ccc1OCc1ccccc1. The number of benzene rings is 2. The van der Waals surface area contributed by atoms with E-state index in [4.69, 9.17) is 15.2 Å². The molecule has 1 aliphatic rings. The highest BCUT2D eigenvalue weighted by molar-refractivity contribution is 5.95. The standard InChI is InChI=1S/C18H20N2O3/c19-16-10-14(18(21)20-15-8-9-22-12-15)6-7-17(16)23-11-13-4-2-1-3-5-13/h1-7,10,15H,8-9,11-12,19H2,(H,20,21). The number of carbonyl (C=O) groups is 1. The molecular formula is C18H20N2O3. The Morgan fingerprint density at radius 3 is 2.78 bits per heavy atom. The van der Waals surface area contributed by atoms with E-state index in [1.165, 1.54) is 0 Å². The summed E-state index contributed by atoms with van der Waals surface area (Å²) in [7, 11) is 0. The van der Waals surface area contributed by atoms with Crippen molar-refractivity contribution in [1.82, 2.24) is 5.32 Å². The summed E-state index contributed by atoms with van der Waals surface area (Å²) in [5.41, 5.74) is 8.05. The van der Waals surface area contributed by atoms with E-state index in [1.807, 2.05) is 30.3 Å². The molecule has 0 aliphatic carbocycles. The highest BCUT2D eigenvalue weighted by atomic mass is 16.5. The van der Waals surface area contributed by atoms with Crippen molar-refractivity contribution in [3.8, 4) is 5.75 Å². The Bertz CT molecular complexity index is 667. The van der Waals surface area contributed by atoms with Gasteiger partial charge in [-0.1, -0.05) is 30.3 Å². The summed E-state index contributed by atoms with van der Waals surface area (Å²) < 4.78 is 11.0. The Labute approximate surface area is 135 Å². The molecule has 5 heteroatoms. The Morgan fingerprint density at radius 1 is 1.26 bits per heavy atom. The van der Waals surface area contributed by atoms with Crippen LogP contribution in [-0.4, -0.2) is 25.2 Å². The zero-order valence-corrected chi connectivity index (χ0v) is 12.8. The molecule has 120 valence electrons. The van der Waals surface area contributed by atoms with Crippen LogP contribution in [0.5, 0.6) is 5.75 Å². The van der Waals surface area contributed by atoms with Gasteiger partial charge in [-0.3, -0.25) is 4.79 Å². The van der Waals surface area contributed by atoms with Crippen LogP contribution in [0, 0.1) is 0 Å². The molecule has 0 saturated carbocycles. The van der Waals surface area contributed by atoms with Crippen LogP contribution in [0.4, 0.5) is 5.69 Å². The zero-order valence-electron chi connectivity index (χ0n) is 12.8. The molecule has 0 aromatic heterocycles. The zero-order chi connectivity index (χ0) is 16.1. The quantitative estimate of drug-likeness (QED) is 0.831. The fourth-order valence-electron chi connectivity index (χ4n) is 2.47. The first-order valence-corrected chi connectivity index (χ1v) is 7.67. The lowest BCUT2D eigenvalue weighted by atomic mass is 10.1. The van der Waals surface area contributed by atoms with Crippen LogP contribution in [0.1, 0.15) is 22.3 Å². The third kappa shape index (κ3) is 4.02. The molecule has 1 heterocycles. The van der Waals surface area contributed by atoms with E-state index in [-0.39, 0.29) is 11.9 Å². The van der Waals surface area contributed by atoms with Gasteiger partial charge in [0, 0.05) is 12.2 Å². The number of nitrogens with one attached hydrogen (secondary N) is 1. The van der Waals surface area contributed by atoms with Crippen molar-refractivity contribution < 1.29 is 14.3 Å². The van der Waals surface area contributed by atoms with Crippen LogP contribution < -0.4 is 15.8 Å². The predicted octanol–water partition coefficient (Wildman–Crippen LogP) is 2.37. The molecule has 1 amide bonds. The Kier molecular flexibility index (Phi) is 4.78. The number of anilines is 1. The van der Waals surface area contributed by atoms with Gasteiger partial charge in [0.1, 0.15) is 12.4 Å². The third-order valence-corrected chi connectivity index (χ3v) is 3.77. The molecule has 0 bridgehead atoms. The minimum absolute atomic E-state index is 0.0812. The van der Waals surface area contributed by atoms with Crippen molar-refractivity contribution >= 4 is 11.6 Å². The molecule has 2 aromatic carbocycles. The Morgan fingerprint density at radius 2 is 2.09 bits per heavy atom. The van der Waals surface area contributed by atoms with E-state index in [2.05, 4.69) is 5.32 Å². The smallest absolute Gasteiger partial charge is 0.251 e. The molecule has 1 atom stereocenters. The van der Waals surface area contributed by atoms with Crippen molar-refractivity contribution in [2.75, 3.05) is 18.9 Å². The van der Waals surface area contributed by atoms with Crippen molar-refractivity contribution in [3.63, 3.8) is 0 Å². The van der Waals surface area contributed by atoms with Gasteiger partial charge in [-0.2, -0.15) is 0 Å². The van der Waals surface area contributed by atoms with Crippen molar-refractivity contribution in [2.24, 2.45) is 0 Å². The Hall–Kier alpha value is -2.53. The van der Waals surface area contributed by atoms with E-state index in [0.717, 1.165) is 12.0 Å². The summed E-state index contributed by atoms with van der Waals surface area (Å²) >= 11 is 0. The molecule has 3 N–H and O–H groups in total. The van der Waals surface area contributed by atoms with E-state index >= 15 is 0 Å². The topological polar surface area (TPSA) is 73.6 Å². The molecule has 1 aliphatic heterocycles. The van der Waals surface area contributed by atoms with Gasteiger partial charge in [0.25, 0.3) is 5.91 Å². The average molecular weight is 312 g/mol. The number of hydrogen-bond donors (Lipinski definition) is 2. The summed E-state index contributed by atoms with van der Waals surface area (Å²) in [6, 6.07) is 15.0. The Balaban J connectivity index is 1.62. The van der Waals surface area contributed by atoms with Crippen LogP contribution in [0.3, 0.4) is 0 Å². The number of hydrogen-bond acceptors (Lipinski definition) is 4. The lowest BCUT2D eigenvalue weighted by Crippen LogP contribution is -2.35. The normalized spacial score (nSPS) is 17.0. The van der Waals surface area contributed by atoms with Gasteiger partial charge < -0.3 is 20.5 Å². The van der Waals surface area contributed by atoms with Crippen LogP contribution in [-0.2, 0) is 11.3 Å². The maximum Gasteiger partial charge on any atom is 0.251 e. The van der Waals surface area contributed by atoms with Gasteiger partial charge in [0.2, 0.25) is 0 Å². The monoisotopic (exact) mass is 312 g/mol. The molecule has 3 rings (SSSR count).